The van der Waals surface area contributed by atoms with Gasteiger partial charge in [0.25, 0.3) is 5.69 Å². The van der Waals surface area contributed by atoms with Crippen molar-refractivity contribution in [1.82, 2.24) is 0 Å². The first-order valence-electron chi connectivity index (χ1n) is 6.82. The van der Waals surface area contributed by atoms with E-state index in [0.29, 0.717) is 18.8 Å². The van der Waals surface area contributed by atoms with Crippen LogP contribution in [0.25, 0.3) is 0 Å². The van der Waals surface area contributed by atoms with Gasteiger partial charge in [0, 0.05) is 0 Å². The predicted octanol–water partition coefficient (Wildman–Crippen LogP) is 2.31. The van der Waals surface area contributed by atoms with E-state index in [1.54, 1.807) is 13.0 Å². The topological polar surface area (TPSA) is 107 Å². The minimum Gasteiger partial charge on any atom is -0.494 e. The molecule has 0 fully saturated rings. The number of benzene rings is 1. The third-order valence-electron chi connectivity index (χ3n) is 2.80. The van der Waals surface area contributed by atoms with Crippen LogP contribution in [-0.4, -0.2) is 23.5 Å². The summed E-state index contributed by atoms with van der Waals surface area (Å²) in [5.74, 6) is 0.214. The quantitative estimate of drug-likeness (QED) is 0.592. The van der Waals surface area contributed by atoms with Crippen molar-refractivity contribution in [2.24, 2.45) is 11.7 Å². The van der Waals surface area contributed by atoms with Crippen molar-refractivity contribution >= 4 is 17.3 Å². The van der Waals surface area contributed by atoms with Crippen LogP contribution >= 0.6 is 0 Å². The van der Waals surface area contributed by atoms with Crippen LogP contribution in [0.1, 0.15) is 27.2 Å². The van der Waals surface area contributed by atoms with Crippen LogP contribution in [0, 0.1) is 16.0 Å². The van der Waals surface area contributed by atoms with Crippen LogP contribution < -0.4 is 15.8 Å². The lowest BCUT2D eigenvalue weighted by Crippen LogP contribution is -2.36. The average Bonchev–Trinajstić information content (AvgIpc) is 2.39. The second-order valence-corrected chi connectivity index (χ2v) is 5.09. The Morgan fingerprint density at radius 3 is 2.67 bits per heavy atom. The van der Waals surface area contributed by atoms with E-state index in [9.17, 15) is 14.9 Å². The minimum absolute atomic E-state index is 0.118. The van der Waals surface area contributed by atoms with Crippen molar-refractivity contribution in [2.75, 3.05) is 11.9 Å². The molecule has 7 nitrogen and oxygen atoms in total. The molecule has 116 valence electrons. The Balaban J connectivity index is 2.92. The summed E-state index contributed by atoms with van der Waals surface area (Å²) in [4.78, 5) is 22.5. The molecular weight excluding hydrogens is 274 g/mol. The molecule has 0 radical (unpaired) electrons. The maximum absolute atomic E-state index is 11.9. The number of carbonyl (C=O) groups is 1. The van der Waals surface area contributed by atoms with E-state index in [0.717, 1.165) is 0 Å². The van der Waals surface area contributed by atoms with Crippen LogP contribution in [0.4, 0.5) is 11.4 Å². The van der Waals surface area contributed by atoms with Crippen LogP contribution in [0.3, 0.4) is 0 Å². The first-order valence-corrected chi connectivity index (χ1v) is 6.82. The molecular formula is C14H21N3O4. The van der Waals surface area contributed by atoms with Crippen LogP contribution in [-0.2, 0) is 4.79 Å². The van der Waals surface area contributed by atoms with Crippen molar-refractivity contribution in [3.8, 4) is 5.75 Å². The highest BCUT2D eigenvalue weighted by molar-refractivity contribution is 5.96. The molecule has 0 saturated carbocycles. The van der Waals surface area contributed by atoms with Gasteiger partial charge >= 0.3 is 0 Å². The van der Waals surface area contributed by atoms with Gasteiger partial charge in [0.15, 0.2) is 0 Å². The number of hydrogen-bond donors (Lipinski definition) is 2. The molecule has 0 aliphatic rings. The van der Waals surface area contributed by atoms with Crippen LogP contribution in [0.2, 0.25) is 0 Å². The van der Waals surface area contributed by atoms with E-state index in [1.807, 2.05) is 13.8 Å². The number of anilines is 1. The van der Waals surface area contributed by atoms with E-state index in [2.05, 4.69) is 5.32 Å². The fourth-order valence-corrected chi connectivity index (χ4v) is 1.86. The van der Waals surface area contributed by atoms with E-state index < -0.39 is 16.9 Å². The summed E-state index contributed by atoms with van der Waals surface area (Å²) in [7, 11) is 0. The Morgan fingerprint density at radius 2 is 2.14 bits per heavy atom. The Morgan fingerprint density at radius 1 is 1.48 bits per heavy atom. The Labute approximate surface area is 123 Å². The molecule has 7 heteroatoms. The summed E-state index contributed by atoms with van der Waals surface area (Å²) in [6, 6.07) is 3.60. The predicted molar refractivity (Wildman–Crippen MR) is 80.3 cm³/mol. The summed E-state index contributed by atoms with van der Waals surface area (Å²) in [5.41, 5.74) is 5.66. The number of nitro groups is 1. The zero-order chi connectivity index (χ0) is 16.0. The van der Waals surface area contributed by atoms with Gasteiger partial charge in [0.2, 0.25) is 5.91 Å². The normalized spacial score (nSPS) is 12.0. The van der Waals surface area contributed by atoms with Gasteiger partial charge in [-0.1, -0.05) is 13.8 Å². The highest BCUT2D eigenvalue weighted by Crippen LogP contribution is 2.29. The molecule has 1 rings (SSSR count). The van der Waals surface area contributed by atoms with Gasteiger partial charge in [0.1, 0.15) is 11.4 Å². The first kappa shape index (κ1) is 16.9. The number of nitrogens with zero attached hydrogens (tertiary/aromatic N) is 1. The number of nitrogens with two attached hydrogens (primary N) is 1. The first-order chi connectivity index (χ1) is 9.85. The second kappa shape index (κ2) is 7.58. The molecule has 0 aliphatic heterocycles. The Hall–Kier alpha value is -2.15. The van der Waals surface area contributed by atoms with E-state index >= 15 is 0 Å². The summed E-state index contributed by atoms with van der Waals surface area (Å²) in [6.45, 7) is 6.09. The zero-order valence-corrected chi connectivity index (χ0v) is 12.5. The SMILES string of the molecule is CCOc1ccc(NC(=O)[C@@H](N)CC(C)C)c([N+](=O)[O-])c1. The highest BCUT2D eigenvalue weighted by atomic mass is 16.6. The summed E-state index contributed by atoms with van der Waals surface area (Å²) >= 11 is 0. The van der Waals surface area contributed by atoms with Crippen molar-refractivity contribution in [2.45, 2.75) is 33.2 Å². The zero-order valence-electron chi connectivity index (χ0n) is 12.5. The fourth-order valence-electron chi connectivity index (χ4n) is 1.86. The molecule has 0 saturated heterocycles. The molecule has 1 amide bonds. The van der Waals surface area contributed by atoms with Crippen LogP contribution in [0.15, 0.2) is 18.2 Å². The van der Waals surface area contributed by atoms with Crippen LogP contribution in [0.5, 0.6) is 5.75 Å². The van der Waals surface area contributed by atoms with Crippen molar-refractivity contribution in [3.05, 3.63) is 28.3 Å². The number of carbonyl (C=O) groups excluding carboxylic acids is 1. The summed E-state index contributed by atoms with van der Waals surface area (Å²) in [5, 5.41) is 13.6. The highest BCUT2D eigenvalue weighted by Gasteiger charge is 2.21. The molecule has 3 N–H and O–H groups in total. The molecule has 0 spiro atoms. The summed E-state index contributed by atoms with van der Waals surface area (Å²) < 4.78 is 5.21. The molecule has 1 aromatic rings. The monoisotopic (exact) mass is 295 g/mol. The van der Waals surface area contributed by atoms with Gasteiger partial charge in [-0.15, -0.1) is 0 Å². The number of nitro benzene ring substituents is 1. The molecule has 0 heterocycles. The third-order valence-corrected chi connectivity index (χ3v) is 2.80. The minimum atomic E-state index is -0.698. The number of nitrogens with one attached hydrogen (secondary N) is 1. The standard InChI is InChI=1S/C14H21N3O4/c1-4-21-10-5-6-12(13(8-10)17(19)20)16-14(18)11(15)7-9(2)3/h5-6,8-9,11H,4,7,15H2,1-3H3,(H,16,18)/t11-/m0/s1. The Bertz CT molecular complexity index is 517. The lowest BCUT2D eigenvalue weighted by Gasteiger charge is -2.14. The number of amides is 1. The maximum atomic E-state index is 11.9. The average molecular weight is 295 g/mol. The smallest absolute Gasteiger partial charge is 0.296 e. The molecule has 0 aromatic heterocycles. The molecule has 21 heavy (non-hydrogen) atoms. The molecule has 0 bridgehead atoms. The molecule has 1 atom stereocenters. The van der Waals surface area contributed by atoms with Crippen molar-refractivity contribution in [1.29, 1.82) is 0 Å². The molecule has 0 aliphatic carbocycles. The third kappa shape index (κ3) is 5.03. The number of rotatable bonds is 7. The van der Waals surface area contributed by atoms with Gasteiger partial charge in [-0.2, -0.15) is 0 Å². The van der Waals surface area contributed by atoms with Gasteiger partial charge in [-0.05, 0) is 31.4 Å². The maximum Gasteiger partial charge on any atom is 0.296 e. The number of hydrogen-bond acceptors (Lipinski definition) is 5. The Kier molecular flexibility index (Phi) is 6.10. The van der Waals surface area contributed by atoms with Crippen molar-refractivity contribution in [3.63, 3.8) is 0 Å². The molecule has 0 unspecified atom stereocenters. The number of ether oxygens (including phenoxy) is 1. The van der Waals surface area contributed by atoms with Crippen molar-refractivity contribution < 1.29 is 14.5 Å². The van der Waals surface area contributed by atoms with E-state index in [-0.39, 0.29) is 17.3 Å². The van der Waals surface area contributed by atoms with E-state index in [4.69, 9.17) is 10.5 Å². The lowest BCUT2D eigenvalue weighted by atomic mass is 10.0. The van der Waals surface area contributed by atoms with E-state index in [1.165, 1.54) is 12.1 Å². The summed E-state index contributed by atoms with van der Waals surface area (Å²) in [6.07, 6.45) is 0.511. The fraction of sp³-hybridized carbons (Fsp3) is 0.500. The van der Waals surface area contributed by atoms with Gasteiger partial charge in [-0.3, -0.25) is 14.9 Å². The lowest BCUT2D eigenvalue weighted by molar-refractivity contribution is -0.384. The second-order valence-electron chi connectivity index (χ2n) is 5.09. The van der Waals surface area contributed by atoms with Gasteiger partial charge < -0.3 is 15.8 Å². The van der Waals surface area contributed by atoms with Gasteiger partial charge in [-0.25, -0.2) is 0 Å². The molecule has 1 aromatic carbocycles. The largest absolute Gasteiger partial charge is 0.494 e. The van der Waals surface area contributed by atoms with Gasteiger partial charge in [0.05, 0.1) is 23.6 Å².